The number of aryl methyl sites for hydroxylation is 2. The SMILES string of the molecule is Cc1cc(C)c2c(c1C(N)=O)CC(C)(C)C2=O. The fourth-order valence-electron chi connectivity index (χ4n) is 2.77. The summed E-state index contributed by atoms with van der Waals surface area (Å²) in [4.78, 5) is 23.8. The number of primary amides is 1. The van der Waals surface area contributed by atoms with Gasteiger partial charge < -0.3 is 5.73 Å². The highest BCUT2D eigenvalue weighted by molar-refractivity contribution is 6.09. The number of nitrogens with two attached hydrogens (primary N) is 1. The summed E-state index contributed by atoms with van der Waals surface area (Å²) in [6.45, 7) is 7.60. The zero-order valence-electron chi connectivity index (χ0n) is 10.7. The molecule has 0 aliphatic heterocycles. The molecule has 0 saturated heterocycles. The van der Waals surface area contributed by atoms with Crippen molar-refractivity contribution in [2.24, 2.45) is 11.1 Å². The van der Waals surface area contributed by atoms with Crippen LogP contribution < -0.4 is 5.73 Å². The molecule has 0 spiro atoms. The van der Waals surface area contributed by atoms with Crippen LogP contribution in [-0.4, -0.2) is 11.7 Å². The number of benzene rings is 1. The number of hydrogen-bond donors (Lipinski definition) is 1. The topological polar surface area (TPSA) is 60.2 Å². The van der Waals surface area contributed by atoms with Crippen LogP contribution in [0.3, 0.4) is 0 Å². The van der Waals surface area contributed by atoms with Gasteiger partial charge in [0.2, 0.25) is 5.91 Å². The number of hydrogen-bond acceptors (Lipinski definition) is 2. The molecule has 1 amide bonds. The molecule has 1 aromatic rings. The van der Waals surface area contributed by atoms with Crippen molar-refractivity contribution in [2.75, 3.05) is 0 Å². The molecule has 3 heteroatoms. The van der Waals surface area contributed by atoms with E-state index in [2.05, 4.69) is 0 Å². The second-order valence-electron chi connectivity index (χ2n) is 5.49. The number of amides is 1. The average molecular weight is 231 g/mol. The lowest BCUT2D eigenvalue weighted by Gasteiger charge is -2.13. The van der Waals surface area contributed by atoms with Crippen LogP contribution in [0.1, 0.15) is 51.3 Å². The molecule has 1 aliphatic rings. The molecule has 2 rings (SSSR count). The largest absolute Gasteiger partial charge is 0.366 e. The Hall–Kier alpha value is -1.64. The zero-order chi connectivity index (χ0) is 13.0. The first-order valence-corrected chi connectivity index (χ1v) is 5.73. The number of carbonyl (C=O) groups is 2. The van der Waals surface area contributed by atoms with Gasteiger partial charge in [-0.3, -0.25) is 9.59 Å². The maximum absolute atomic E-state index is 12.3. The lowest BCUT2D eigenvalue weighted by Crippen LogP contribution is -2.19. The van der Waals surface area contributed by atoms with E-state index in [-0.39, 0.29) is 5.78 Å². The van der Waals surface area contributed by atoms with Gasteiger partial charge in [-0.2, -0.15) is 0 Å². The number of rotatable bonds is 1. The molecule has 3 nitrogen and oxygen atoms in total. The minimum atomic E-state index is -0.441. The van der Waals surface area contributed by atoms with E-state index < -0.39 is 11.3 Å². The van der Waals surface area contributed by atoms with Crippen molar-refractivity contribution < 1.29 is 9.59 Å². The van der Waals surface area contributed by atoms with Gasteiger partial charge in [0.05, 0.1) is 0 Å². The quantitative estimate of drug-likeness (QED) is 0.805. The Balaban J connectivity index is 2.80. The van der Waals surface area contributed by atoms with Gasteiger partial charge >= 0.3 is 0 Å². The molecule has 0 radical (unpaired) electrons. The lowest BCUT2D eigenvalue weighted by molar-refractivity contribution is 0.0862. The van der Waals surface area contributed by atoms with Crippen LogP contribution in [0.4, 0.5) is 0 Å². The number of carbonyl (C=O) groups excluding carboxylic acids is 2. The van der Waals surface area contributed by atoms with Crippen molar-refractivity contribution in [1.82, 2.24) is 0 Å². The molecule has 0 bridgehead atoms. The summed E-state index contributed by atoms with van der Waals surface area (Å²) in [5.41, 5.74) is 8.87. The third-order valence-electron chi connectivity index (χ3n) is 3.53. The highest BCUT2D eigenvalue weighted by Crippen LogP contribution is 2.40. The van der Waals surface area contributed by atoms with E-state index >= 15 is 0 Å². The zero-order valence-corrected chi connectivity index (χ0v) is 10.7. The Morgan fingerprint density at radius 1 is 1.29 bits per heavy atom. The van der Waals surface area contributed by atoms with Crippen LogP contribution in [0, 0.1) is 19.3 Å². The van der Waals surface area contributed by atoms with E-state index in [0.717, 1.165) is 16.7 Å². The summed E-state index contributed by atoms with van der Waals surface area (Å²) >= 11 is 0. The van der Waals surface area contributed by atoms with Crippen LogP contribution in [0.15, 0.2) is 6.07 Å². The smallest absolute Gasteiger partial charge is 0.249 e. The molecule has 90 valence electrons. The van der Waals surface area contributed by atoms with Crippen molar-refractivity contribution >= 4 is 11.7 Å². The van der Waals surface area contributed by atoms with E-state index in [1.54, 1.807) is 0 Å². The van der Waals surface area contributed by atoms with Gasteiger partial charge in [-0.15, -0.1) is 0 Å². The standard InChI is InChI=1S/C14H17NO2/c1-7-5-8(2)11(13(15)17)9-6-14(3,4)12(16)10(7)9/h5H,6H2,1-4H3,(H2,15,17). The summed E-state index contributed by atoms with van der Waals surface area (Å²) in [6, 6.07) is 1.87. The van der Waals surface area contributed by atoms with Crippen LogP contribution in [0.2, 0.25) is 0 Å². The summed E-state index contributed by atoms with van der Waals surface area (Å²) in [5, 5.41) is 0. The van der Waals surface area contributed by atoms with Crippen molar-refractivity contribution in [3.8, 4) is 0 Å². The fraction of sp³-hybridized carbons (Fsp3) is 0.429. The Kier molecular flexibility index (Phi) is 2.38. The molecule has 17 heavy (non-hydrogen) atoms. The third kappa shape index (κ3) is 1.57. The van der Waals surface area contributed by atoms with Crippen LogP contribution in [-0.2, 0) is 6.42 Å². The Morgan fingerprint density at radius 2 is 1.88 bits per heavy atom. The minimum absolute atomic E-state index is 0.118. The molecule has 1 aliphatic carbocycles. The van der Waals surface area contributed by atoms with Gasteiger partial charge in [-0.25, -0.2) is 0 Å². The normalized spacial score (nSPS) is 17.1. The molecule has 1 aromatic carbocycles. The summed E-state index contributed by atoms with van der Waals surface area (Å²) in [6.07, 6.45) is 0.599. The number of ketones is 1. The minimum Gasteiger partial charge on any atom is -0.366 e. The highest BCUT2D eigenvalue weighted by Gasteiger charge is 2.40. The second kappa shape index (κ2) is 3.42. The van der Waals surface area contributed by atoms with Crippen molar-refractivity contribution in [2.45, 2.75) is 34.1 Å². The van der Waals surface area contributed by atoms with E-state index in [0.29, 0.717) is 17.5 Å². The Morgan fingerprint density at radius 3 is 2.41 bits per heavy atom. The van der Waals surface area contributed by atoms with Crippen LogP contribution in [0.25, 0.3) is 0 Å². The average Bonchev–Trinajstić information content (AvgIpc) is 2.36. The fourth-order valence-corrected chi connectivity index (χ4v) is 2.77. The van der Waals surface area contributed by atoms with Gasteiger partial charge in [0.25, 0.3) is 0 Å². The molecule has 0 aromatic heterocycles. The van der Waals surface area contributed by atoms with E-state index in [9.17, 15) is 9.59 Å². The second-order valence-corrected chi connectivity index (χ2v) is 5.49. The molecule has 0 saturated carbocycles. The lowest BCUT2D eigenvalue weighted by atomic mass is 9.88. The predicted molar refractivity (Wildman–Crippen MR) is 66.2 cm³/mol. The molecule has 0 unspecified atom stereocenters. The summed E-state index contributed by atoms with van der Waals surface area (Å²) in [5.74, 6) is -0.322. The third-order valence-corrected chi connectivity index (χ3v) is 3.53. The van der Waals surface area contributed by atoms with Gasteiger partial charge in [-0.05, 0) is 37.0 Å². The molecule has 2 N–H and O–H groups in total. The molecule has 0 fully saturated rings. The first-order valence-electron chi connectivity index (χ1n) is 5.73. The summed E-state index contributed by atoms with van der Waals surface area (Å²) in [7, 11) is 0. The summed E-state index contributed by atoms with van der Waals surface area (Å²) < 4.78 is 0. The predicted octanol–water partition coefficient (Wildman–Crippen LogP) is 2.17. The molecule has 0 heterocycles. The number of fused-ring (bicyclic) bond motifs is 1. The van der Waals surface area contributed by atoms with E-state index in [4.69, 9.17) is 5.73 Å². The van der Waals surface area contributed by atoms with Crippen molar-refractivity contribution in [3.05, 3.63) is 33.9 Å². The Labute approximate surface area is 101 Å². The maximum Gasteiger partial charge on any atom is 0.249 e. The molecular weight excluding hydrogens is 214 g/mol. The maximum atomic E-state index is 12.3. The van der Waals surface area contributed by atoms with Gasteiger partial charge in [0, 0.05) is 16.5 Å². The molecular formula is C14H17NO2. The van der Waals surface area contributed by atoms with E-state index in [1.165, 1.54) is 0 Å². The monoisotopic (exact) mass is 231 g/mol. The number of Topliss-reactive ketones (excluding diaryl/α,β-unsaturated/α-hetero) is 1. The van der Waals surface area contributed by atoms with E-state index in [1.807, 2.05) is 33.8 Å². The first kappa shape index (κ1) is 11.8. The first-order chi connectivity index (χ1) is 7.75. The Bertz CT molecular complexity index is 542. The molecule has 0 atom stereocenters. The van der Waals surface area contributed by atoms with Gasteiger partial charge in [-0.1, -0.05) is 19.9 Å². The van der Waals surface area contributed by atoms with Gasteiger partial charge in [0.1, 0.15) is 0 Å². The highest BCUT2D eigenvalue weighted by atomic mass is 16.1. The van der Waals surface area contributed by atoms with Gasteiger partial charge in [0.15, 0.2) is 5.78 Å². The van der Waals surface area contributed by atoms with Crippen molar-refractivity contribution in [3.63, 3.8) is 0 Å². The van der Waals surface area contributed by atoms with Crippen molar-refractivity contribution in [1.29, 1.82) is 0 Å². The van der Waals surface area contributed by atoms with Crippen LogP contribution in [0.5, 0.6) is 0 Å². The van der Waals surface area contributed by atoms with Crippen LogP contribution >= 0.6 is 0 Å².